The molecule has 0 aliphatic carbocycles. The Labute approximate surface area is 91.3 Å². The number of hydrogen-bond donors (Lipinski definition) is 1. The Morgan fingerprint density at radius 2 is 2.33 bits per heavy atom. The SMILES string of the molecule is NCCCCc1nc(-c2cscn2)no1. The van der Waals surface area contributed by atoms with Crippen molar-refractivity contribution in [1.82, 2.24) is 15.1 Å². The first-order valence-electron chi connectivity index (χ1n) is 4.81. The van der Waals surface area contributed by atoms with Gasteiger partial charge in [-0.25, -0.2) is 4.98 Å². The zero-order chi connectivity index (χ0) is 10.5. The van der Waals surface area contributed by atoms with Crippen LogP contribution in [-0.2, 0) is 6.42 Å². The third kappa shape index (κ3) is 2.60. The number of aryl methyl sites for hydroxylation is 1. The Bertz CT molecular complexity index is 398. The number of rotatable bonds is 5. The van der Waals surface area contributed by atoms with Gasteiger partial charge in [0.15, 0.2) is 0 Å². The lowest BCUT2D eigenvalue weighted by Crippen LogP contribution is -1.99. The van der Waals surface area contributed by atoms with E-state index < -0.39 is 0 Å². The van der Waals surface area contributed by atoms with Gasteiger partial charge < -0.3 is 10.3 Å². The second kappa shape index (κ2) is 4.99. The van der Waals surface area contributed by atoms with Gasteiger partial charge in [0.05, 0.1) is 5.51 Å². The van der Waals surface area contributed by atoms with Gasteiger partial charge in [-0.2, -0.15) is 4.98 Å². The first-order chi connectivity index (χ1) is 7.40. The molecule has 0 bridgehead atoms. The standard InChI is InChI=1S/C9H12N4OS/c10-4-2-1-3-8-12-9(13-14-8)7-5-15-6-11-7/h5-6H,1-4,10H2. The molecule has 2 rings (SSSR count). The van der Waals surface area contributed by atoms with E-state index in [0.717, 1.165) is 25.0 Å². The third-order valence-corrected chi connectivity index (χ3v) is 2.56. The molecule has 2 N–H and O–H groups in total. The summed E-state index contributed by atoms with van der Waals surface area (Å²) in [6.07, 6.45) is 2.75. The van der Waals surface area contributed by atoms with E-state index in [1.165, 1.54) is 11.3 Å². The van der Waals surface area contributed by atoms with Gasteiger partial charge in [0, 0.05) is 11.8 Å². The van der Waals surface area contributed by atoms with E-state index in [-0.39, 0.29) is 0 Å². The Balaban J connectivity index is 1.98. The van der Waals surface area contributed by atoms with Crippen molar-refractivity contribution < 1.29 is 4.52 Å². The first kappa shape index (κ1) is 10.3. The highest BCUT2D eigenvalue weighted by Gasteiger charge is 2.09. The molecule has 0 fully saturated rings. The summed E-state index contributed by atoms with van der Waals surface area (Å²) in [7, 11) is 0. The molecule has 2 heterocycles. The summed E-state index contributed by atoms with van der Waals surface area (Å²) in [5, 5.41) is 5.76. The second-order valence-electron chi connectivity index (χ2n) is 3.13. The summed E-state index contributed by atoms with van der Waals surface area (Å²) in [4.78, 5) is 8.36. The van der Waals surface area contributed by atoms with Crippen molar-refractivity contribution in [2.24, 2.45) is 5.73 Å². The van der Waals surface area contributed by atoms with Crippen molar-refractivity contribution >= 4 is 11.3 Å². The average molecular weight is 224 g/mol. The van der Waals surface area contributed by atoms with Gasteiger partial charge in [-0.05, 0) is 19.4 Å². The lowest BCUT2D eigenvalue weighted by atomic mass is 10.2. The highest BCUT2D eigenvalue weighted by Crippen LogP contribution is 2.15. The van der Waals surface area contributed by atoms with Crippen molar-refractivity contribution in [3.63, 3.8) is 0 Å². The second-order valence-corrected chi connectivity index (χ2v) is 3.85. The topological polar surface area (TPSA) is 77.8 Å². The molecule has 80 valence electrons. The molecule has 5 nitrogen and oxygen atoms in total. The lowest BCUT2D eigenvalue weighted by Gasteiger charge is -1.91. The predicted molar refractivity (Wildman–Crippen MR) is 57.4 cm³/mol. The maximum absolute atomic E-state index is 5.40. The molecule has 0 unspecified atom stereocenters. The van der Waals surface area contributed by atoms with Crippen LogP contribution in [-0.4, -0.2) is 21.7 Å². The zero-order valence-electron chi connectivity index (χ0n) is 8.22. The zero-order valence-corrected chi connectivity index (χ0v) is 9.04. The van der Waals surface area contributed by atoms with Crippen LogP contribution in [0.25, 0.3) is 11.5 Å². The van der Waals surface area contributed by atoms with Crippen LogP contribution in [0.15, 0.2) is 15.4 Å². The molecule has 2 aromatic heterocycles. The largest absolute Gasteiger partial charge is 0.339 e. The Hall–Kier alpha value is -1.27. The molecule has 0 atom stereocenters. The summed E-state index contributed by atoms with van der Waals surface area (Å²) < 4.78 is 5.10. The Kier molecular flexibility index (Phi) is 3.41. The van der Waals surface area contributed by atoms with Gasteiger partial charge in [-0.15, -0.1) is 11.3 Å². The molecule has 0 aliphatic heterocycles. The van der Waals surface area contributed by atoms with Gasteiger partial charge in [0.1, 0.15) is 5.69 Å². The maximum atomic E-state index is 5.40. The first-order valence-corrected chi connectivity index (χ1v) is 5.75. The van der Waals surface area contributed by atoms with Gasteiger partial charge in [-0.1, -0.05) is 5.16 Å². The van der Waals surface area contributed by atoms with Crippen LogP contribution in [0.5, 0.6) is 0 Å². The van der Waals surface area contributed by atoms with Crippen molar-refractivity contribution in [3.05, 3.63) is 16.8 Å². The molecule has 0 spiro atoms. The summed E-state index contributed by atoms with van der Waals surface area (Å²) in [6.45, 7) is 0.701. The molecule has 6 heteroatoms. The maximum Gasteiger partial charge on any atom is 0.227 e. The number of nitrogens with two attached hydrogens (primary N) is 1. The van der Waals surface area contributed by atoms with Crippen molar-refractivity contribution in [1.29, 1.82) is 0 Å². The fourth-order valence-electron chi connectivity index (χ4n) is 1.20. The number of aromatic nitrogens is 3. The lowest BCUT2D eigenvalue weighted by molar-refractivity contribution is 0.375. The molecule has 15 heavy (non-hydrogen) atoms. The number of nitrogens with zero attached hydrogens (tertiary/aromatic N) is 3. The van der Waals surface area contributed by atoms with Crippen LogP contribution < -0.4 is 5.73 Å². The average Bonchev–Trinajstić information content (AvgIpc) is 2.87. The van der Waals surface area contributed by atoms with Crippen LogP contribution in [0.2, 0.25) is 0 Å². The molecule has 0 radical (unpaired) electrons. The molecular weight excluding hydrogens is 212 g/mol. The Morgan fingerprint density at radius 1 is 1.40 bits per heavy atom. The summed E-state index contributed by atoms with van der Waals surface area (Å²) >= 11 is 1.52. The molecule has 0 aromatic carbocycles. The van der Waals surface area contributed by atoms with Crippen molar-refractivity contribution in [2.75, 3.05) is 6.54 Å². The molecule has 0 aliphatic rings. The Morgan fingerprint density at radius 3 is 3.07 bits per heavy atom. The van der Waals surface area contributed by atoms with E-state index in [2.05, 4.69) is 15.1 Å². The van der Waals surface area contributed by atoms with Crippen LogP contribution in [0, 0.1) is 0 Å². The number of unbranched alkanes of at least 4 members (excludes halogenated alkanes) is 1. The number of hydrogen-bond acceptors (Lipinski definition) is 6. The van der Waals surface area contributed by atoms with E-state index in [1.54, 1.807) is 5.51 Å². The van der Waals surface area contributed by atoms with Crippen LogP contribution in [0.3, 0.4) is 0 Å². The summed E-state index contributed by atoms with van der Waals surface area (Å²) in [5.74, 6) is 1.23. The third-order valence-electron chi connectivity index (χ3n) is 1.97. The van der Waals surface area contributed by atoms with Crippen LogP contribution in [0.4, 0.5) is 0 Å². The van der Waals surface area contributed by atoms with Gasteiger partial charge >= 0.3 is 0 Å². The molecule has 2 aromatic rings. The molecule has 0 saturated carbocycles. The fraction of sp³-hybridized carbons (Fsp3) is 0.444. The normalized spacial score (nSPS) is 10.7. The van der Waals surface area contributed by atoms with E-state index in [0.29, 0.717) is 18.3 Å². The molecule has 0 amide bonds. The minimum absolute atomic E-state index is 0.569. The fourth-order valence-corrected chi connectivity index (χ4v) is 1.73. The number of thiazole rings is 1. The van der Waals surface area contributed by atoms with Gasteiger partial charge in [-0.3, -0.25) is 0 Å². The van der Waals surface area contributed by atoms with E-state index >= 15 is 0 Å². The minimum Gasteiger partial charge on any atom is -0.339 e. The van der Waals surface area contributed by atoms with Gasteiger partial charge in [0.25, 0.3) is 0 Å². The van der Waals surface area contributed by atoms with Crippen molar-refractivity contribution in [3.8, 4) is 11.5 Å². The minimum atomic E-state index is 0.569. The highest BCUT2D eigenvalue weighted by atomic mass is 32.1. The monoisotopic (exact) mass is 224 g/mol. The molecule has 0 saturated heterocycles. The summed E-state index contributed by atoms with van der Waals surface area (Å²) in [6, 6.07) is 0. The smallest absolute Gasteiger partial charge is 0.227 e. The quantitative estimate of drug-likeness (QED) is 0.778. The predicted octanol–water partition coefficient (Wildman–Crippen LogP) is 1.47. The molecular formula is C9H12N4OS. The summed E-state index contributed by atoms with van der Waals surface area (Å²) in [5.41, 5.74) is 7.92. The van der Waals surface area contributed by atoms with Crippen molar-refractivity contribution in [2.45, 2.75) is 19.3 Å². The van der Waals surface area contributed by atoms with Crippen LogP contribution >= 0.6 is 11.3 Å². The highest BCUT2D eigenvalue weighted by molar-refractivity contribution is 7.07. The van der Waals surface area contributed by atoms with Crippen LogP contribution in [0.1, 0.15) is 18.7 Å². The van der Waals surface area contributed by atoms with Gasteiger partial charge in [0.2, 0.25) is 11.7 Å². The van der Waals surface area contributed by atoms with E-state index in [1.807, 2.05) is 5.38 Å². The van der Waals surface area contributed by atoms with E-state index in [9.17, 15) is 0 Å². The van der Waals surface area contributed by atoms with E-state index in [4.69, 9.17) is 10.3 Å².